The first-order valence-corrected chi connectivity index (χ1v) is 8.23. The van der Waals surface area contributed by atoms with Gasteiger partial charge in [0.2, 0.25) is 0 Å². The van der Waals surface area contributed by atoms with Crippen molar-refractivity contribution in [3.8, 4) is 5.75 Å². The lowest BCUT2D eigenvalue weighted by atomic mass is 10.2. The van der Waals surface area contributed by atoms with E-state index in [0.29, 0.717) is 0 Å². The monoisotopic (exact) mass is 268 g/mol. The predicted octanol–water partition coefficient (Wildman–Crippen LogP) is 5.19. The number of hydrogen-bond acceptors (Lipinski definition) is 2. The molecule has 1 nitrogen and oxygen atoms in total. The Morgan fingerprint density at radius 3 is 1.83 bits per heavy atom. The summed E-state index contributed by atoms with van der Waals surface area (Å²) in [5.74, 6) is 3.64. The Kier molecular flexibility index (Phi) is 12.4. The Labute approximate surface area is 117 Å². The standard InChI is InChI=1S/C10H14O.C6H14S/c1-3-9-5-7-10(8-6-9)11-4-2;1-3-5-7-6-4-2/h5-8H,3-4H2,1-2H3;3-6H2,1-2H3. The molecule has 0 saturated heterocycles. The molecule has 0 heterocycles. The van der Waals surface area contributed by atoms with Gasteiger partial charge in [-0.1, -0.05) is 32.9 Å². The smallest absolute Gasteiger partial charge is 0.119 e. The second kappa shape index (κ2) is 12.8. The van der Waals surface area contributed by atoms with E-state index < -0.39 is 0 Å². The van der Waals surface area contributed by atoms with Gasteiger partial charge >= 0.3 is 0 Å². The van der Waals surface area contributed by atoms with E-state index >= 15 is 0 Å². The van der Waals surface area contributed by atoms with Crippen molar-refractivity contribution < 1.29 is 4.74 Å². The summed E-state index contributed by atoms with van der Waals surface area (Å²) in [5, 5.41) is 0. The van der Waals surface area contributed by atoms with E-state index in [2.05, 4.69) is 44.7 Å². The lowest BCUT2D eigenvalue weighted by molar-refractivity contribution is 0.340. The normalized spacial score (nSPS) is 9.56. The van der Waals surface area contributed by atoms with E-state index in [9.17, 15) is 0 Å². The van der Waals surface area contributed by atoms with E-state index in [1.165, 1.54) is 29.9 Å². The SMILES string of the molecule is CCCSCCC.CCOc1ccc(CC)cc1. The summed E-state index contributed by atoms with van der Waals surface area (Å²) < 4.78 is 5.31. The molecule has 0 radical (unpaired) electrons. The first-order valence-electron chi connectivity index (χ1n) is 7.07. The van der Waals surface area contributed by atoms with Crippen LogP contribution in [0.1, 0.15) is 46.1 Å². The van der Waals surface area contributed by atoms with Gasteiger partial charge < -0.3 is 4.74 Å². The predicted molar refractivity (Wildman–Crippen MR) is 84.9 cm³/mol. The maximum Gasteiger partial charge on any atom is 0.119 e. The van der Waals surface area contributed by atoms with E-state index in [1.54, 1.807) is 0 Å². The van der Waals surface area contributed by atoms with E-state index in [1.807, 2.05) is 19.1 Å². The van der Waals surface area contributed by atoms with Crippen molar-refractivity contribution in [2.24, 2.45) is 0 Å². The van der Waals surface area contributed by atoms with Crippen LogP contribution in [-0.4, -0.2) is 18.1 Å². The van der Waals surface area contributed by atoms with Gasteiger partial charge in [0, 0.05) is 0 Å². The van der Waals surface area contributed by atoms with Crippen LogP contribution in [-0.2, 0) is 6.42 Å². The third kappa shape index (κ3) is 9.41. The van der Waals surface area contributed by atoms with E-state index in [0.717, 1.165) is 18.8 Å². The van der Waals surface area contributed by atoms with Gasteiger partial charge in [-0.25, -0.2) is 0 Å². The molecule has 0 spiro atoms. The van der Waals surface area contributed by atoms with Gasteiger partial charge in [-0.15, -0.1) is 0 Å². The van der Waals surface area contributed by atoms with Crippen molar-refractivity contribution >= 4 is 11.8 Å². The van der Waals surface area contributed by atoms with E-state index in [4.69, 9.17) is 4.74 Å². The molecule has 104 valence electrons. The molecular formula is C16H28OS. The van der Waals surface area contributed by atoms with Gasteiger partial charge in [-0.05, 0) is 55.4 Å². The highest BCUT2D eigenvalue weighted by Crippen LogP contribution is 2.11. The summed E-state index contributed by atoms with van der Waals surface area (Å²) in [4.78, 5) is 0. The van der Waals surface area contributed by atoms with Crippen LogP contribution in [0, 0.1) is 0 Å². The molecule has 1 rings (SSSR count). The quantitative estimate of drug-likeness (QED) is 0.630. The van der Waals surface area contributed by atoms with Crippen LogP contribution >= 0.6 is 11.8 Å². The third-order valence-corrected chi connectivity index (χ3v) is 3.73. The van der Waals surface area contributed by atoms with Gasteiger partial charge in [0.25, 0.3) is 0 Å². The van der Waals surface area contributed by atoms with Gasteiger partial charge in [0.1, 0.15) is 5.75 Å². The van der Waals surface area contributed by atoms with Crippen molar-refractivity contribution in [2.75, 3.05) is 18.1 Å². The number of ether oxygens (including phenoxy) is 1. The third-order valence-electron chi connectivity index (χ3n) is 2.34. The Hall–Kier alpha value is -0.630. The molecule has 1 aromatic rings. The number of benzene rings is 1. The zero-order chi connectivity index (χ0) is 13.6. The molecule has 18 heavy (non-hydrogen) atoms. The van der Waals surface area contributed by atoms with Gasteiger partial charge in [-0.2, -0.15) is 11.8 Å². The summed E-state index contributed by atoms with van der Waals surface area (Å²) in [6, 6.07) is 8.24. The average molecular weight is 268 g/mol. The van der Waals surface area contributed by atoms with E-state index in [-0.39, 0.29) is 0 Å². The first-order chi connectivity index (χ1) is 8.78. The van der Waals surface area contributed by atoms with Gasteiger partial charge in [0.05, 0.1) is 6.61 Å². The molecule has 0 N–H and O–H groups in total. The number of rotatable bonds is 7. The van der Waals surface area contributed by atoms with Crippen LogP contribution in [0.3, 0.4) is 0 Å². The molecule has 0 aromatic heterocycles. The Bertz CT molecular complexity index is 265. The highest BCUT2D eigenvalue weighted by molar-refractivity contribution is 7.99. The van der Waals surface area contributed by atoms with Crippen LogP contribution in [0.5, 0.6) is 5.75 Å². The molecule has 0 bridgehead atoms. The topological polar surface area (TPSA) is 9.23 Å². The molecule has 0 amide bonds. The van der Waals surface area contributed by atoms with Gasteiger partial charge in [-0.3, -0.25) is 0 Å². The fraction of sp³-hybridized carbons (Fsp3) is 0.625. The minimum absolute atomic E-state index is 0.742. The van der Waals surface area contributed by atoms with Crippen LogP contribution in [0.25, 0.3) is 0 Å². The molecular weight excluding hydrogens is 240 g/mol. The summed E-state index contributed by atoms with van der Waals surface area (Å²) in [6.07, 6.45) is 3.74. The minimum atomic E-state index is 0.742. The van der Waals surface area contributed by atoms with Crippen molar-refractivity contribution in [3.05, 3.63) is 29.8 Å². The molecule has 1 aromatic carbocycles. The number of aryl methyl sites for hydroxylation is 1. The minimum Gasteiger partial charge on any atom is -0.494 e. The second-order valence-corrected chi connectivity index (χ2v) is 5.27. The van der Waals surface area contributed by atoms with Crippen LogP contribution in [0.4, 0.5) is 0 Å². The first kappa shape index (κ1) is 17.4. The zero-order valence-corrected chi connectivity index (χ0v) is 13.2. The highest BCUT2D eigenvalue weighted by Gasteiger charge is 1.90. The lowest BCUT2D eigenvalue weighted by Gasteiger charge is -2.02. The summed E-state index contributed by atoms with van der Waals surface area (Å²) >= 11 is 2.05. The lowest BCUT2D eigenvalue weighted by Crippen LogP contribution is -1.90. The molecule has 0 fully saturated rings. The molecule has 0 aliphatic carbocycles. The van der Waals surface area contributed by atoms with Gasteiger partial charge in [0.15, 0.2) is 0 Å². The van der Waals surface area contributed by atoms with Crippen LogP contribution in [0.15, 0.2) is 24.3 Å². The number of thioether (sulfide) groups is 1. The fourth-order valence-corrected chi connectivity index (χ4v) is 2.16. The Balaban J connectivity index is 0.000000360. The fourth-order valence-electron chi connectivity index (χ4n) is 1.38. The van der Waals surface area contributed by atoms with Crippen LogP contribution < -0.4 is 4.74 Å². The van der Waals surface area contributed by atoms with Crippen molar-refractivity contribution in [3.63, 3.8) is 0 Å². The van der Waals surface area contributed by atoms with Crippen molar-refractivity contribution in [1.29, 1.82) is 0 Å². The second-order valence-electron chi connectivity index (χ2n) is 4.04. The summed E-state index contributed by atoms with van der Waals surface area (Å²) in [7, 11) is 0. The maximum atomic E-state index is 5.31. The van der Waals surface area contributed by atoms with Crippen molar-refractivity contribution in [1.82, 2.24) is 0 Å². The zero-order valence-electron chi connectivity index (χ0n) is 12.4. The summed E-state index contributed by atoms with van der Waals surface area (Å²) in [6.45, 7) is 9.33. The molecule has 0 saturated carbocycles. The maximum absolute atomic E-state index is 5.31. The molecule has 0 aliphatic heterocycles. The molecule has 0 unspecified atom stereocenters. The molecule has 0 atom stereocenters. The largest absolute Gasteiger partial charge is 0.494 e. The highest BCUT2D eigenvalue weighted by atomic mass is 32.2. The number of hydrogen-bond donors (Lipinski definition) is 0. The van der Waals surface area contributed by atoms with Crippen LogP contribution in [0.2, 0.25) is 0 Å². The Morgan fingerprint density at radius 1 is 0.889 bits per heavy atom. The molecule has 0 aliphatic rings. The molecule has 2 heteroatoms. The average Bonchev–Trinajstić information content (AvgIpc) is 2.41. The Morgan fingerprint density at radius 2 is 1.44 bits per heavy atom. The van der Waals surface area contributed by atoms with Crippen molar-refractivity contribution in [2.45, 2.75) is 47.0 Å². The summed E-state index contributed by atoms with van der Waals surface area (Å²) in [5.41, 5.74) is 1.36.